The number of ether oxygens (including phenoxy) is 1. The number of aliphatic hydroxyl groups is 1. The molecule has 102 valence electrons. The van der Waals surface area contributed by atoms with Gasteiger partial charge in [0.15, 0.2) is 0 Å². The Bertz CT molecular complexity index is 254. The average molecular weight is 244 g/mol. The molecule has 0 aromatic carbocycles. The highest BCUT2D eigenvalue weighted by Gasteiger charge is 2.29. The standard InChI is InChI=1S/C14H28O3/c1-12(2,3)11(15)10-14(6,7)17-9-8-13(4,5)16/h16H,8-10H2,1-7H3. The van der Waals surface area contributed by atoms with Crippen LogP contribution in [0.2, 0.25) is 0 Å². The summed E-state index contributed by atoms with van der Waals surface area (Å²) in [7, 11) is 0. The summed E-state index contributed by atoms with van der Waals surface area (Å²) in [5, 5.41) is 9.58. The Hall–Kier alpha value is -0.410. The molecule has 0 fully saturated rings. The van der Waals surface area contributed by atoms with Crippen molar-refractivity contribution in [2.75, 3.05) is 6.61 Å². The van der Waals surface area contributed by atoms with Crippen LogP contribution in [0.15, 0.2) is 0 Å². The fourth-order valence-corrected chi connectivity index (χ4v) is 1.28. The minimum absolute atomic E-state index is 0.200. The second-order valence-electron chi connectivity index (χ2n) is 7.02. The quantitative estimate of drug-likeness (QED) is 0.781. The fourth-order valence-electron chi connectivity index (χ4n) is 1.28. The second-order valence-corrected chi connectivity index (χ2v) is 7.02. The highest BCUT2D eigenvalue weighted by Crippen LogP contribution is 2.24. The maximum absolute atomic E-state index is 11.9. The van der Waals surface area contributed by atoms with E-state index in [0.29, 0.717) is 19.4 Å². The van der Waals surface area contributed by atoms with Crippen molar-refractivity contribution in [3.63, 3.8) is 0 Å². The summed E-state index contributed by atoms with van der Waals surface area (Å²) in [4.78, 5) is 11.9. The number of carbonyl (C=O) groups excluding carboxylic acids is 1. The van der Waals surface area contributed by atoms with E-state index in [2.05, 4.69) is 0 Å². The van der Waals surface area contributed by atoms with Crippen molar-refractivity contribution >= 4 is 5.78 Å². The van der Waals surface area contributed by atoms with Crippen LogP contribution in [0.5, 0.6) is 0 Å². The van der Waals surface area contributed by atoms with Crippen LogP contribution in [0, 0.1) is 5.41 Å². The molecule has 0 aliphatic heterocycles. The predicted octanol–water partition coefficient (Wildman–Crippen LogP) is 2.95. The number of ketones is 1. The molecule has 0 saturated heterocycles. The zero-order valence-electron chi connectivity index (χ0n) is 12.4. The average Bonchev–Trinajstić information content (AvgIpc) is 1.97. The minimum atomic E-state index is -0.718. The molecule has 0 heterocycles. The summed E-state index contributed by atoms with van der Waals surface area (Å²) in [6.45, 7) is 13.6. The molecule has 0 aliphatic rings. The minimum Gasteiger partial charge on any atom is -0.390 e. The Kier molecular flexibility index (Phi) is 5.36. The number of hydrogen-bond donors (Lipinski definition) is 1. The van der Waals surface area contributed by atoms with E-state index in [9.17, 15) is 9.90 Å². The topological polar surface area (TPSA) is 46.5 Å². The fraction of sp³-hybridized carbons (Fsp3) is 0.929. The molecule has 0 aromatic rings. The highest BCUT2D eigenvalue weighted by atomic mass is 16.5. The first-order valence-electron chi connectivity index (χ1n) is 6.23. The Morgan fingerprint density at radius 1 is 1.06 bits per heavy atom. The van der Waals surface area contributed by atoms with Crippen molar-refractivity contribution in [1.82, 2.24) is 0 Å². The molecule has 0 atom stereocenters. The van der Waals surface area contributed by atoms with E-state index in [4.69, 9.17) is 4.74 Å². The van der Waals surface area contributed by atoms with Gasteiger partial charge in [0.25, 0.3) is 0 Å². The van der Waals surface area contributed by atoms with Crippen LogP contribution in [-0.4, -0.2) is 28.7 Å². The molecule has 0 rings (SSSR count). The number of hydrogen-bond acceptors (Lipinski definition) is 3. The lowest BCUT2D eigenvalue weighted by Gasteiger charge is -2.29. The summed E-state index contributed by atoms with van der Waals surface area (Å²) in [6.07, 6.45) is 0.975. The van der Waals surface area contributed by atoms with Crippen LogP contribution < -0.4 is 0 Å². The largest absolute Gasteiger partial charge is 0.390 e. The lowest BCUT2D eigenvalue weighted by atomic mass is 9.84. The van der Waals surface area contributed by atoms with Gasteiger partial charge in [-0.3, -0.25) is 4.79 Å². The summed E-state index contributed by atoms with van der Waals surface area (Å²) < 4.78 is 5.69. The van der Waals surface area contributed by atoms with Crippen LogP contribution in [0.1, 0.15) is 61.3 Å². The molecule has 3 nitrogen and oxygen atoms in total. The Balaban J connectivity index is 4.17. The SMILES string of the molecule is CC(C)(O)CCOC(C)(C)CC(=O)C(C)(C)C. The molecule has 0 bridgehead atoms. The van der Waals surface area contributed by atoms with Gasteiger partial charge in [-0.25, -0.2) is 0 Å². The highest BCUT2D eigenvalue weighted by molar-refractivity contribution is 5.84. The van der Waals surface area contributed by atoms with E-state index in [1.165, 1.54) is 0 Å². The van der Waals surface area contributed by atoms with Gasteiger partial charge in [-0.15, -0.1) is 0 Å². The van der Waals surface area contributed by atoms with Crippen LogP contribution in [0.3, 0.4) is 0 Å². The van der Waals surface area contributed by atoms with Crippen LogP contribution in [0.4, 0.5) is 0 Å². The number of Topliss-reactive ketones (excluding diaryl/α,β-unsaturated/α-hetero) is 1. The molecular weight excluding hydrogens is 216 g/mol. The third-order valence-corrected chi connectivity index (χ3v) is 2.63. The first-order valence-corrected chi connectivity index (χ1v) is 6.23. The molecule has 0 radical (unpaired) electrons. The van der Waals surface area contributed by atoms with Gasteiger partial charge in [0.05, 0.1) is 17.8 Å². The zero-order chi connectivity index (χ0) is 13.9. The lowest BCUT2D eigenvalue weighted by molar-refractivity contribution is -0.133. The van der Waals surface area contributed by atoms with Gasteiger partial charge in [-0.1, -0.05) is 20.8 Å². The van der Waals surface area contributed by atoms with Crippen molar-refractivity contribution < 1.29 is 14.6 Å². The number of rotatable bonds is 6. The van der Waals surface area contributed by atoms with Crippen LogP contribution in [-0.2, 0) is 9.53 Å². The van der Waals surface area contributed by atoms with Crippen LogP contribution >= 0.6 is 0 Å². The predicted molar refractivity (Wildman–Crippen MR) is 70.0 cm³/mol. The third-order valence-electron chi connectivity index (χ3n) is 2.63. The molecule has 0 aromatic heterocycles. The molecule has 3 heteroatoms. The third kappa shape index (κ3) is 8.33. The van der Waals surface area contributed by atoms with E-state index in [0.717, 1.165) is 0 Å². The second kappa shape index (κ2) is 5.49. The molecule has 0 aliphatic carbocycles. The smallest absolute Gasteiger partial charge is 0.141 e. The van der Waals surface area contributed by atoms with Gasteiger partial charge in [0, 0.05) is 11.8 Å². The van der Waals surface area contributed by atoms with Gasteiger partial charge in [-0.05, 0) is 34.1 Å². The molecule has 17 heavy (non-hydrogen) atoms. The summed E-state index contributed by atoms with van der Waals surface area (Å²) in [6, 6.07) is 0. The maximum Gasteiger partial charge on any atom is 0.141 e. The monoisotopic (exact) mass is 244 g/mol. The Morgan fingerprint density at radius 2 is 1.53 bits per heavy atom. The molecule has 0 saturated carbocycles. The molecule has 1 N–H and O–H groups in total. The zero-order valence-corrected chi connectivity index (χ0v) is 12.4. The van der Waals surface area contributed by atoms with E-state index >= 15 is 0 Å². The maximum atomic E-state index is 11.9. The molecular formula is C14H28O3. The van der Waals surface area contributed by atoms with Gasteiger partial charge in [-0.2, -0.15) is 0 Å². The van der Waals surface area contributed by atoms with E-state index in [1.54, 1.807) is 13.8 Å². The van der Waals surface area contributed by atoms with Crippen molar-refractivity contribution in [2.24, 2.45) is 5.41 Å². The van der Waals surface area contributed by atoms with E-state index < -0.39 is 11.2 Å². The van der Waals surface area contributed by atoms with Gasteiger partial charge < -0.3 is 9.84 Å². The van der Waals surface area contributed by atoms with Gasteiger partial charge >= 0.3 is 0 Å². The van der Waals surface area contributed by atoms with Gasteiger partial charge in [0.2, 0.25) is 0 Å². The van der Waals surface area contributed by atoms with Gasteiger partial charge in [0.1, 0.15) is 5.78 Å². The summed E-state index contributed by atoms with van der Waals surface area (Å²) >= 11 is 0. The van der Waals surface area contributed by atoms with E-state index in [-0.39, 0.29) is 11.2 Å². The Labute approximate surface area is 106 Å². The molecule has 0 amide bonds. The Morgan fingerprint density at radius 3 is 1.88 bits per heavy atom. The van der Waals surface area contributed by atoms with Crippen molar-refractivity contribution in [3.05, 3.63) is 0 Å². The lowest BCUT2D eigenvalue weighted by Crippen LogP contribution is -2.34. The summed E-state index contributed by atoms with van der Waals surface area (Å²) in [5.41, 5.74) is -1.50. The molecule has 0 spiro atoms. The normalized spacial score (nSPS) is 13.9. The number of carbonyl (C=O) groups is 1. The van der Waals surface area contributed by atoms with Crippen molar-refractivity contribution in [2.45, 2.75) is 72.5 Å². The first-order chi connectivity index (χ1) is 7.33. The van der Waals surface area contributed by atoms with Crippen molar-refractivity contribution in [1.29, 1.82) is 0 Å². The van der Waals surface area contributed by atoms with Crippen molar-refractivity contribution in [3.8, 4) is 0 Å². The van der Waals surface area contributed by atoms with E-state index in [1.807, 2.05) is 34.6 Å². The summed E-state index contributed by atoms with van der Waals surface area (Å²) in [5.74, 6) is 0.200. The first kappa shape index (κ1) is 16.6. The molecule has 0 unspecified atom stereocenters. The van der Waals surface area contributed by atoms with Crippen LogP contribution in [0.25, 0.3) is 0 Å².